The lowest BCUT2D eigenvalue weighted by atomic mass is 10.0. The van der Waals surface area contributed by atoms with Gasteiger partial charge in [0.25, 0.3) is 0 Å². The Morgan fingerprint density at radius 2 is 1.93 bits per heavy atom. The van der Waals surface area contributed by atoms with Crippen LogP contribution in [0.15, 0.2) is 24.3 Å². The maximum atomic E-state index is 8.67. The summed E-state index contributed by atoms with van der Waals surface area (Å²) in [5.41, 5.74) is 2.16. The summed E-state index contributed by atoms with van der Waals surface area (Å²) < 4.78 is 0. The van der Waals surface area contributed by atoms with Crippen LogP contribution in [-0.4, -0.2) is 0 Å². The van der Waals surface area contributed by atoms with Gasteiger partial charge in [-0.2, -0.15) is 5.26 Å². The first-order valence-corrected chi connectivity index (χ1v) is 5.22. The van der Waals surface area contributed by atoms with E-state index in [0.29, 0.717) is 0 Å². The van der Waals surface area contributed by atoms with Crippen molar-refractivity contribution in [1.82, 2.24) is 0 Å². The summed E-state index contributed by atoms with van der Waals surface area (Å²) in [7, 11) is 0. The number of nitriles is 1. The fourth-order valence-electron chi connectivity index (χ4n) is 2.14. The first kappa shape index (κ1) is 9.27. The molecule has 0 aliphatic heterocycles. The highest BCUT2D eigenvalue weighted by Crippen LogP contribution is 2.51. The third-order valence-corrected chi connectivity index (χ3v) is 3.16. The van der Waals surface area contributed by atoms with Gasteiger partial charge in [0.15, 0.2) is 0 Å². The van der Waals surface area contributed by atoms with Crippen LogP contribution in [0.1, 0.15) is 37.3 Å². The van der Waals surface area contributed by atoms with Crippen LogP contribution in [0.3, 0.4) is 0 Å². The largest absolute Gasteiger partial charge is 0.192 e. The highest BCUT2D eigenvalue weighted by atomic mass is 14.4. The lowest BCUT2D eigenvalue weighted by Gasteiger charge is -2.03. The van der Waals surface area contributed by atoms with Crippen LogP contribution in [0.2, 0.25) is 0 Å². The molecule has 0 saturated heterocycles. The standard InChI is InChI=1S/C13H15N/c1-9(2)12-7-13(12)11-5-3-10(8-14)4-6-11/h3-6,9,12-13H,7H2,1-2H3/t12-,13-/m1/s1. The predicted octanol–water partition coefficient (Wildman–Crippen LogP) is 3.32. The van der Waals surface area contributed by atoms with Crippen molar-refractivity contribution in [2.24, 2.45) is 11.8 Å². The molecule has 0 N–H and O–H groups in total. The van der Waals surface area contributed by atoms with E-state index in [1.807, 2.05) is 12.1 Å². The Kier molecular flexibility index (Phi) is 2.29. The first-order chi connectivity index (χ1) is 6.72. The van der Waals surface area contributed by atoms with Crippen LogP contribution in [-0.2, 0) is 0 Å². The van der Waals surface area contributed by atoms with E-state index in [1.54, 1.807) is 0 Å². The molecular weight excluding hydrogens is 170 g/mol. The molecule has 1 aromatic carbocycles. The van der Waals surface area contributed by atoms with Gasteiger partial charge in [-0.15, -0.1) is 0 Å². The second kappa shape index (κ2) is 3.46. The summed E-state index contributed by atoms with van der Waals surface area (Å²) in [4.78, 5) is 0. The average Bonchev–Trinajstić information content (AvgIpc) is 2.97. The highest BCUT2D eigenvalue weighted by Gasteiger charge is 2.39. The molecule has 0 spiro atoms. The van der Waals surface area contributed by atoms with Crippen molar-refractivity contribution in [2.75, 3.05) is 0 Å². The van der Waals surface area contributed by atoms with Crippen molar-refractivity contribution in [1.29, 1.82) is 5.26 Å². The van der Waals surface area contributed by atoms with E-state index in [9.17, 15) is 0 Å². The third kappa shape index (κ3) is 1.65. The monoisotopic (exact) mass is 185 g/mol. The molecule has 1 aromatic rings. The maximum absolute atomic E-state index is 8.67. The molecule has 0 bridgehead atoms. The Morgan fingerprint density at radius 3 is 2.36 bits per heavy atom. The van der Waals surface area contributed by atoms with Crippen LogP contribution in [0.4, 0.5) is 0 Å². The summed E-state index contributed by atoms with van der Waals surface area (Å²) in [6.07, 6.45) is 1.32. The minimum Gasteiger partial charge on any atom is -0.192 e. The highest BCUT2D eigenvalue weighted by molar-refractivity contribution is 5.35. The van der Waals surface area contributed by atoms with Crippen molar-refractivity contribution >= 4 is 0 Å². The molecule has 1 heteroatoms. The maximum Gasteiger partial charge on any atom is 0.0991 e. The number of hydrogen-bond acceptors (Lipinski definition) is 1. The minimum absolute atomic E-state index is 0.753. The SMILES string of the molecule is CC(C)[C@H]1C[C@@H]1c1ccc(C#N)cc1. The zero-order valence-corrected chi connectivity index (χ0v) is 8.70. The number of rotatable bonds is 2. The van der Waals surface area contributed by atoms with E-state index in [2.05, 4.69) is 32.0 Å². The second-order valence-corrected chi connectivity index (χ2v) is 4.48. The van der Waals surface area contributed by atoms with Gasteiger partial charge >= 0.3 is 0 Å². The number of benzene rings is 1. The normalized spacial score (nSPS) is 24.7. The van der Waals surface area contributed by atoms with E-state index >= 15 is 0 Å². The molecule has 0 aromatic heterocycles. The van der Waals surface area contributed by atoms with E-state index in [-0.39, 0.29) is 0 Å². The lowest BCUT2D eigenvalue weighted by molar-refractivity contribution is 0.549. The zero-order chi connectivity index (χ0) is 10.1. The van der Waals surface area contributed by atoms with Crippen molar-refractivity contribution < 1.29 is 0 Å². The van der Waals surface area contributed by atoms with Crippen molar-refractivity contribution in [3.63, 3.8) is 0 Å². The summed E-state index contributed by atoms with van der Waals surface area (Å²) >= 11 is 0. The molecule has 0 amide bonds. The molecule has 0 unspecified atom stereocenters. The summed E-state index contributed by atoms with van der Waals surface area (Å²) in [6.45, 7) is 4.57. The first-order valence-electron chi connectivity index (χ1n) is 5.22. The molecule has 2 rings (SSSR count). The zero-order valence-electron chi connectivity index (χ0n) is 8.70. The van der Waals surface area contributed by atoms with Crippen LogP contribution in [0.5, 0.6) is 0 Å². The molecule has 1 saturated carbocycles. The fraction of sp³-hybridized carbons (Fsp3) is 0.462. The second-order valence-electron chi connectivity index (χ2n) is 4.48. The van der Waals surface area contributed by atoms with Crippen molar-refractivity contribution in [3.05, 3.63) is 35.4 Å². The van der Waals surface area contributed by atoms with Gasteiger partial charge < -0.3 is 0 Å². The van der Waals surface area contributed by atoms with Gasteiger partial charge in [0, 0.05) is 0 Å². The lowest BCUT2D eigenvalue weighted by Crippen LogP contribution is -1.92. The van der Waals surface area contributed by atoms with Gasteiger partial charge in [-0.05, 0) is 41.9 Å². The van der Waals surface area contributed by atoms with Gasteiger partial charge in [-0.3, -0.25) is 0 Å². The fourth-order valence-corrected chi connectivity index (χ4v) is 2.14. The summed E-state index contributed by atoms with van der Waals surface area (Å²) in [6, 6.07) is 10.2. The molecule has 1 fully saturated rings. The van der Waals surface area contributed by atoms with Gasteiger partial charge in [-0.25, -0.2) is 0 Å². The van der Waals surface area contributed by atoms with Gasteiger partial charge in [0.05, 0.1) is 11.6 Å². The average molecular weight is 185 g/mol. The third-order valence-electron chi connectivity index (χ3n) is 3.16. The van der Waals surface area contributed by atoms with Crippen LogP contribution in [0, 0.1) is 23.2 Å². The number of nitrogens with zero attached hydrogens (tertiary/aromatic N) is 1. The van der Waals surface area contributed by atoms with Gasteiger partial charge in [-0.1, -0.05) is 26.0 Å². The Balaban J connectivity index is 2.10. The van der Waals surface area contributed by atoms with Crippen LogP contribution in [0.25, 0.3) is 0 Å². The van der Waals surface area contributed by atoms with E-state index in [0.717, 1.165) is 23.3 Å². The number of hydrogen-bond donors (Lipinski definition) is 0. The Morgan fingerprint density at radius 1 is 1.29 bits per heavy atom. The van der Waals surface area contributed by atoms with E-state index < -0.39 is 0 Å². The Labute approximate surface area is 85.4 Å². The van der Waals surface area contributed by atoms with Crippen molar-refractivity contribution in [3.8, 4) is 6.07 Å². The van der Waals surface area contributed by atoms with Crippen LogP contribution < -0.4 is 0 Å². The Hall–Kier alpha value is -1.29. The van der Waals surface area contributed by atoms with E-state index in [1.165, 1.54) is 12.0 Å². The molecule has 1 nitrogen and oxygen atoms in total. The molecule has 1 aliphatic carbocycles. The van der Waals surface area contributed by atoms with Gasteiger partial charge in [0.1, 0.15) is 0 Å². The van der Waals surface area contributed by atoms with E-state index in [4.69, 9.17) is 5.26 Å². The van der Waals surface area contributed by atoms with Crippen molar-refractivity contribution in [2.45, 2.75) is 26.2 Å². The Bertz CT molecular complexity index is 356. The summed E-state index contributed by atoms with van der Waals surface area (Å²) in [5, 5.41) is 8.67. The molecule has 0 heterocycles. The predicted molar refractivity (Wildman–Crippen MR) is 56.8 cm³/mol. The molecule has 1 aliphatic rings. The van der Waals surface area contributed by atoms with Crippen LogP contribution >= 0.6 is 0 Å². The molecular formula is C13H15N. The molecule has 0 radical (unpaired) electrons. The molecule has 72 valence electrons. The smallest absolute Gasteiger partial charge is 0.0991 e. The topological polar surface area (TPSA) is 23.8 Å². The molecule has 14 heavy (non-hydrogen) atoms. The van der Waals surface area contributed by atoms with Gasteiger partial charge in [0.2, 0.25) is 0 Å². The quantitative estimate of drug-likeness (QED) is 0.693. The minimum atomic E-state index is 0.753. The molecule has 2 atom stereocenters. The summed E-state index contributed by atoms with van der Waals surface area (Å²) in [5.74, 6) is 2.40.